The largest absolute Gasteiger partial charge is 0.384 e. The molecule has 1 aromatic heterocycles. The lowest BCUT2D eigenvalue weighted by atomic mass is 10.2. The van der Waals surface area contributed by atoms with Crippen LogP contribution in [0, 0.1) is 0 Å². The highest BCUT2D eigenvalue weighted by atomic mass is 16.2. The molecule has 0 aliphatic carbocycles. The van der Waals surface area contributed by atoms with Gasteiger partial charge in [-0.05, 0) is 18.6 Å². The van der Waals surface area contributed by atoms with Crippen molar-refractivity contribution in [3.8, 4) is 0 Å². The van der Waals surface area contributed by atoms with Gasteiger partial charge in [-0.1, -0.05) is 0 Å². The highest BCUT2D eigenvalue weighted by Crippen LogP contribution is 2.08. The summed E-state index contributed by atoms with van der Waals surface area (Å²) in [5.74, 6) is -0.0941. The molecule has 1 saturated heterocycles. The van der Waals surface area contributed by atoms with Crippen molar-refractivity contribution in [2.75, 3.05) is 24.1 Å². The number of nitrogens with two attached hydrogens (primary N) is 1. The number of amides is 4. The molecule has 0 atom stereocenters. The van der Waals surface area contributed by atoms with Gasteiger partial charge in [0.1, 0.15) is 5.82 Å². The third-order valence-corrected chi connectivity index (χ3v) is 2.79. The number of urea groups is 1. The van der Waals surface area contributed by atoms with E-state index in [1.165, 1.54) is 6.20 Å². The third kappa shape index (κ3) is 3.44. The van der Waals surface area contributed by atoms with Crippen LogP contribution in [-0.2, 0) is 9.59 Å². The Balaban J connectivity index is 1.74. The maximum atomic E-state index is 11.7. The van der Waals surface area contributed by atoms with Crippen LogP contribution in [0.5, 0.6) is 0 Å². The van der Waals surface area contributed by atoms with Gasteiger partial charge in [0.15, 0.2) is 0 Å². The fourth-order valence-electron chi connectivity index (χ4n) is 1.78. The highest BCUT2D eigenvalue weighted by molar-refractivity contribution is 6.02. The summed E-state index contributed by atoms with van der Waals surface area (Å²) in [5.41, 5.74) is 5.99. The van der Waals surface area contributed by atoms with Crippen LogP contribution < -0.4 is 16.4 Å². The molecule has 0 spiro atoms. The van der Waals surface area contributed by atoms with Gasteiger partial charge in [-0.3, -0.25) is 14.5 Å². The zero-order valence-electron chi connectivity index (χ0n) is 10.8. The monoisotopic (exact) mass is 277 g/mol. The Morgan fingerprint density at radius 2 is 2.25 bits per heavy atom. The number of nitrogens with zero attached hydrogens (tertiary/aromatic N) is 2. The first-order chi connectivity index (χ1) is 9.56. The normalized spacial score (nSPS) is 14.3. The smallest absolute Gasteiger partial charge is 0.324 e. The Morgan fingerprint density at radius 1 is 1.45 bits per heavy atom. The van der Waals surface area contributed by atoms with Crippen LogP contribution in [0.15, 0.2) is 18.3 Å². The fourth-order valence-corrected chi connectivity index (χ4v) is 1.78. The Kier molecular flexibility index (Phi) is 4.14. The molecule has 1 aliphatic rings. The molecule has 1 aliphatic heterocycles. The number of imide groups is 1. The summed E-state index contributed by atoms with van der Waals surface area (Å²) in [6, 6.07) is 2.83. The highest BCUT2D eigenvalue weighted by Gasteiger charge is 2.27. The molecule has 20 heavy (non-hydrogen) atoms. The molecule has 8 nitrogen and oxygen atoms in total. The Bertz CT molecular complexity index is 512. The number of nitrogen functional groups attached to an aromatic ring is 1. The topological polar surface area (TPSA) is 117 Å². The second-order valence-electron chi connectivity index (χ2n) is 4.33. The van der Waals surface area contributed by atoms with Crippen LogP contribution in [-0.4, -0.2) is 40.8 Å². The van der Waals surface area contributed by atoms with E-state index < -0.39 is 6.03 Å². The molecule has 0 unspecified atom stereocenters. The van der Waals surface area contributed by atoms with Crippen molar-refractivity contribution < 1.29 is 14.4 Å². The minimum absolute atomic E-state index is 0.0299. The first-order valence-corrected chi connectivity index (χ1v) is 6.16. The van der Waals surface area contributed by atoms with E-state index in [2.05, 4.69) is 15.6 Å². The number of hydrogen-bond acceptors (Lipinski definition) is 5. The molecule has 2 rings (SSSR count). The van der Waals surface area contributed by atoms with Crippen molar-refractivity contribution in [2.24, 2.45) is 0 Å². The van der Waals surface area contributed by atoms with E-state index in [4.69, 9.17) is 5.73 Å². The van der Waals surface area contributed by atoms with E-state index in [9.17, 15) is 14.4 Å². The van der Waals surface area contributed by atoms with E-state index in [1.807, 2.05) is 0 Å². The van der Waals surface area contributed by atoms with Crippen LogP contribution in [0.3, 0.4) is 0 Å². The lowest BCUT2D eigenvalue weighted by molar-refractivity contribution is -0.125. The zero-order chi connectivity index (χ0) is 14.5. The minimum atomic E-state index is -0.404. The maximum Gasteiger partial charge on any atom is 0.324 e. The fraction of sp³-hybridized carbons (Fsp3) is 0.333. The number of anilines is 2. The van der Waals surface area contributed by atoms with E-state index in [0.717, 1.165) is 4.90 Å². The van der Waals surface area contributed by atoms with Crippen LogP contribution in [0.2, 0.25) is 0 Å². The molecule has 4 amide bonds. The summed E-state index contributed by atoms with van der Waals surface area (Å²) in [5, 5.41) is 5.08. The average Bonchev–Trinajstić information content (AvgIpc) is 2.73. The van der Waals surface area contributed by atoms with E-state index >= 15 is 0 Å². The van der Waals surface area contributed by atoms with E-state index in [0.29, 0.717) is 17.9 Å². The molecule has 0 saturated carbocycles. The van der Waals surface area contributed by atoms with Crippen molar-refractivity contribution >= 4 is 29.4 Å². The number of nitrogens with one attached hydrogen (secondary N) is 2. The summed E-state index contributed by atoms with van der Waals surface area (Å²) in [7, 11) is 0. The quantitative estimate of drug-likeness (QED) is 0.651. The minimum Gasteiger partial charge on any atom is -0.384 e. The van der Waals surface area contributed by atoms with Crippen molar-refractivity contribution in [1.82, 2.24) is 15.2 Å². The van der Waals surface area contributed by atoms with E-state index in [-0.39, 0.29) is 31.3 Å². The number of hydrogen-bond donors (Lipinski definition) is 3. The number of carbonyl (C=O) groups excluding carboxylic acids is 3. The first-order valence-electron chi connectivity index (χ1n) is 6.16. The molecule has 0 radical (unpaired) electrons. The van der Waals surface area contributed by atoms with Crippen molar-refractivity contribution in [1.29, 1.82) is 0 Å². The first kappa shape index (κ1) is 13.8. The molecule has 0 aromatic carbocycles. The standard InChI is InChI=1S/C12H15N5O3/c13-9-4-3-8(6-14-9)16-10(18)2-1-5-17-11(19)7-15-12(17)20/h3-4,6H,1-2,5,7H2,(H2,13,14)(H,15,20)(H,16,18). The number of pyridine rings is 1. The molecule has 4 N–H and O–H groups in total. The van der Waals surface area contributed by atoms with Crippen molar-refractivity contribution in [3.63, 3.8) is 0 Å². The number of aromatic nitrogens is 1. The van der Waals surface area contributed by atoms with E-state index in [1.54, 1.807) is 12.1 Å². The molecule has 1 aromatic rings. The number of rotatable bonds is 5. The zero-order valence-corrected chi connectivity index (χ0v) is 10.8. The Morgan fingerprint density at radius 3 is 2.85 bits per heavy atom. The average molecular weight is 277 g/mol. The molecule has 2 heterocycles. The second-order valence-corrected chi connectivity index (χ2v) is 4.33. The lowest BCUT2D eigenvalue weighted by Crippen LogP contribution is -2.32. The van der Waals surface area contributed by atoms with Crippen molar-refractivity contribution in [3.05, 3.63) is 18.3 Å². The maximum absolute atomic E-state index is 11.7. The van der Waals surface area contributed by atoms with Gasteiger partial charge < -0.3 is 16.4 Å². The summed E-state index contributed by atoms with van der Waals surface area (Å²) in [4.78, 5) is 39.2. The molecular weight excluding hydrogens is 262 g/mol. The van der Waals surface area contributed by atoms with Crippen LogP contribution in [0.25, 0.3) is 0 Å². The third-order valence-electron chi connectivity index (χ3n) is 2.79. The van der Waals surface area contributed by atoms with Crippen LogP contribution >= 0.6 is 0 Å². The van der Waals surface area contributed by atoms with Gasteiger partial charge in [0.2, 0.25) is 11.8 Å². The summed E-state index contributed by atoms with van der Waals surface area (Å²) >= 11 is 0. The van der Waals surface area contributed by atoms with Gasteiger partial charge in [-0.2, -0.15) is 0 Å². The number of carbonyl (C=O) groups is 3. The van der Waals surface area contributed by atoms with Gasteiger partial charge in [0.05, 0.1) is 18.4 Å². The Labute approximate surface area is 115 Å². The van der Waals surface area contributed by atoms with Crippen LogP contribution in [0.4, 0.5) is 16.3 Å². The molecule has 0 bridgehead atoms. The lowest BCUT2D eigenvalue weighted by Gasteiger charge is -2.11. The predicted octanol–water partition coefficient (Wildman–Crippen LogP) is -0.0657. The molecule has 1 fully saturated rings. The van der Waals surface area contributed by atoms with Gasteiger partial charge in [-0.25, -0.2) is 9.78 Å². The SMILES string of the molecule is Nc1ccc(NC(=O)CCCN2C(=O)CNC2=O)cn1. The van der Waals surface area contributed by atoms with Gasteiger partial charge in [-0.15, -0.1) is 0 Å². The molecule has 106 valence electrons. The van der Waals surface area contributed by atoms with Gasteiger partial charge >= 0.3 is 6.03 Å². The summed E-state index contributed by atoms with van der Waals surface area (Å²) in [6.07, 6.45) is 2.08. The van der Waals surface area contributed by atoms with Crippen LogP contribution in [0.1, 0.15) is 12.8 Å². The summed E-state index contributed by atoms with van der Waals surface area (Å²) < 4.78 is 0. The molecular formula is C12H15N5O3. The van der Waals surface area contributed by atoms with Gasteiger partial charge in [0, 0.05) is 13.0 Å². The molecule has 8 heteroatoms. The Hall–Kier alpha value is -2.64. The summed E-state index contributed by atoms with van der Waals surface area (Å²) in [6.45, 7) is 0.264. The second kappa shape index (κ2) is 6.00. The van der Waals surface area contributed by atoms with Crippen molar-refractivity contribution in [2.45, 2.75) is 12.8 Å². The van der Waals surface area contributed by atoms with Gasteiger partial charge in [0.25, 0.3) is 0 Å². The predicted molar refractivity (Wildman–Crippen MR) is 71.6 cm³/mol.